The summed E-state index contributed by atoms with van der Waals surface area (Å²) in [5.41, 5.74) is 2.93. The number of fused-ring (bicyclic) bond motifs is 1. The average molecular weight is 544 g/mol. The Kier molecular flexibility index (Phi) is 9.15. The molecule has 0 bridgehead atoms. The number of aliphatic hydroxyl groups is 2. The number of rotatable bonds is 11. The summed E-state index contributed by atoms with van der Waals surface area (Å²) in [7, 11) is 1.54. The number of likely N-dealkylation sites (tertiary alicyclic amines) is 1. The van der Waals surface area contributed by atoms with Gasteiger partial charge in [0, 0.05) is 17.9 Å². The fourth-order valence-corrected chi connectivity index (χ4v) is 6.42. The molecule has 4 atom stereocenters. The second-order valence-corrected chi connectivity index (χ2v) is 10.9. The van der Waals surface area contributed by atoms with Crippen molar-refractivity contribution in [3.8, 4) is 5.75 Å². The number of methoxy groups -OCH3 is 1. The molecule has 2 aliphatic rings. The third-order valence-electron chi connectivity index (χ3n) is 7.58. The lowest BCUT2D eigenvalue weighted by molar-refractivity contribution is -0.140. The second kappa shape index (κ2) is 12.3. The Morgan fingerprint density at radius 1 is 1.29 bits per heavy atom. The van der Waals surface area contributed by atoms with Gasteiger partial charge < -0.3 is 20.1 Å². The SMILES string of the molecule is CC/C(=C\c1ccc(O)c(F)c1)CC[C@@H](O)C1=C(COC)C[C@H]2C(=O)N(Cc3cccs3)C(=O)[C@H]2[C@H]1CO. The van der Waals surface area contributed by atoms with E-state index in [1.807, 2.05) is 30.5 Å². The maximum Gasteiger partial charge on any atom is 0.234 e. The molecule has 9 heteroatoms. The van der Waals surface area contributed by atoms with E-state index in [0.29, 0.717) is 36.8 Å². The van der Waals surface area contributed by atoms with Gasteiger partial charge in [-0.1, -0.05) is 30.7 Å². The topological polar surface area (TPSA) is 107 Å². The number of halogens is 1. The highest BCUT2D eigenvalue weighted by molar-refractivity contribution is 7.09. The Morgan fingerprint density at radius 2 is 2.08 bits per heavy atom. The van der Waals surface area contributed by atoms with E-state index in [2.05, 4.69) is 0 Å². The van der Waals surface area contributed by atoms with Crippen molar-refractivity contribution in [3.63, 3.8) is 0 Å². The maximum atomic E-state index is 13.8. The summed E-state index contributed by atoms with van der Waals surface area (Å²) in [4.78, 5) is 28.9. The van der Waals surface area contributed by atoms with Crippen LogP contribution in [0.3, 0.4) is 0 Å². The van der Waals surface area contributed by atoms with Crippen molar-refractivity contribution in [2.24, 2.45) is 17.8 Å². The second-order valence-electron chi connectivity index (χ2n) is 9.88. The number of hydrogen-bond donors (Lipinski definition) is 3. The van der Waals surface area contributed by atoms with E-state index in [9.17, 15) is 29.3 Å². The number of phenols is 1. The van der Waals surface area contributed by atoms with Crippen LogP contribution >= 0.6 is 11.3 Å². The van der Waals surface area contributed by atoms with Gasteiger partial charge in [-0.05, 0) is 66.0 Å². The molecule has 0 saturated carbocycles. The van der Waals surface area contributed by atoms with Gasteiger partial charge in [0.05, 0.1) is 37.7 Å². The molecular weight excluding hydrogens is 509 g/mol. The zero-order chi connectivity index (χ0) is 27.4. The molecule has 1 aliphatic heterocycles. The van der Waals surface area contributed by atoms with E-state index in [0.717, 1.165) is 16.0 Å². The Bertz CT molecular complexity index is 1220. The molecule has 1 aromatic carbocycles. The minimum Gasteiger partial charge on any atom is -0.505 e. The fraction of sp³-hybridized carbons (Fsp3) is 0.448. The van der Waals surface area contributed by atoms with Crippen molar-refractivity contribution in [2.45, 2.75) is 45.3 Å². The van der Waals surface area contributed by atoms with Crippen LogP contribution < -0.4 is 0 Å². The van der Waals surface area contributed by atoms with Crippen LogP contribution in [-0.4, -0.2) is 58.5 Å². The number of aromatic hydroxyl groups is 1. The highest BCUT2D eigenvalue weighted by Gasteiger charge is 2.54. The first-order chi connectivity index (χ1) is 18.3. The Morgan fingerprint density at radius 3 is 2.71 bits per heavy atom. The number of thiophene rings is 1. The number of ether oxygens (including phenoxy) is 1. The number of allylic oxidation sites excluding steroid dienone is 1. The zero-order valence-electron chi connectivity index (χ0n) is 21.6. The zero-order valence-corrected chi connectivity index (χ0v) is 22.4. The van der Waals surface area contributed by atoms with Gasteiger partial charge >= 0.3 is 0 Å². The van der Waals surface area contributed by atoms with Crippen LogP contribution in [-0.2, 0) is 20.9 Å². The molecule has 3 N–H and O–H groups in total. The normalized spacial score (nSPS) is 22.8. The number of imide groups is 1. The molecule has 0 spiro atoms. The Labute approximate surface area is 225 Å². The lowest BCUT2D eigenvalue weighted by Gasteiger charge is -2.36. The predicted molar refractivity (Wildman–Crippen MR) is 143 cm³/mol. The highest BCUT2D eigenvalue weighted by atomic mass is 32.1. The minimum atomic E-state index is -0.945. The lowest BCUT2D eigenvalue weighted by Crippen LogP contribution is -2.39. The van der Waals surface area contributed by atoms with Gasteiger partial charge in [-0.3, -0.25) is 14.5 Å². The molecule has 1 aliphatic carbocycles. The number of carbonyl (C=O) groups is 2. The lowest BCUT2D eigenvalue weighted by atomic mass is 9.68. The van der Waals surface area contributed by atoms with Crippen molar-refractivity contribution in [1.82, 2.24) is 4.90 Å². The molecule has 38 heavy (non-hydrogen) atoms. The highest BCUT2D eigenvalue weighted by Crippen LogP contribution is 2.46. The standard InChI is InChI=1S/C29H34FNO6S/c1-3-17(11-18-7-8-24(33)23(30)12-18)6-9-25(34)26-19(16-37-2)13-21-27(22(26)15-32)29(36)31(28(21)35)14-20-5-4-10-38-20/h4-5,7-8,10-12,21-22,25,27,32-34H,3,6,9,13-16H2,1-2H3/b17-11+/t21-,22+,25-,27-/m1/s1. The third-order valence-corrected chi connectivity index (χ3v) is 8.44. The summed E-state index contributed by atoms with van der Waals surface area (Å²) < 4.78 is 19.2. The van der Waals surface area contributed by atoms with Crippen LogP contribution in [0.15, 0.2) is 52.4 Å². The van der Waals surface area contributed by atoms with Gasteiger partial charge in [0.2, 0.25) is 11.8 Å². The molecule has 204 valence electrons. The number of amides is 2. The Hall–Kier alpha value is -2.85. The maximum absolute atomic E-state index is 13.8. The molecule has 2 heterocycles. The number of carbonyl (C=O) groups excluding carboxylic acids is 2. The monoisotopic (exact) mass is 543 g/mol. The molecule has 7 nitrogen and oxygen atoms in total. The first-order valence-electron chi connectivity index (χ1n) is 12.8. The summed E-state index contributed by atoms with van der Waals surface area (Å²) in [6, 6.07) is 7.94. The minimum absolute atomic E-state index is 0.196. The van der Waals surface area contributed by atoms with E-state index in [1.165, 1.54) is 35.5 Å². The number of hydrogen-bond acceptors (Lipinski definition) is 7. The van der Waals surface area contributed by atoms with Gasteiger partial charge in [-0.25, -0.2) is 4.39 Å². The smallest absolute Gasteiger partial charge is 0.234 e. The largest absolute Gasteiger partial charge is 0.505 e. The van der Waals surface area contributed by atoms with Crippen molar-refractivity contribution in [3.05, 3.63) is 68.7 Å². The van der Waals surface area contributed by atoms with E-state index in [4.69, 9.17) is 4.74 Å². The molecule has 1 aromatic heterocycles. The number of phenolic OH excluding ortho intramolecular Hbond substituents is 1. The molecule has 4 rings (SSSR count). The molecule has 2 aromatic rings. The molecule has 1 fully saturated rings. The van der Waals surface area contributed by atoms with Crippen LogP contribution in [0.25, 0.3) is 6.08 Å². The molecule has 0 unspecified atom stereocenters. The quantitative estimate of drug-likeness (QED) is 0.289. The third kappa shape index (κ3) is 5.76. The number of benzene rings is 1. The summed E-state index contributed by atoms with van der Waals surface area (Å²) in [5.74, 6) is -3.65. The first kappa shape index (κ1) is 28.2. The summed E-state index contributed by atoms with van der Waals surface area (Å²) in [6.45, 7) is 2.01. The van der Waals surface area contributed by atoms with Gasteiger partial charge in [0.15, 0.2) is 11.6 Å². The van der Waals surface area contributed by atoms with Gasteiger partial charge in [0.25, 0.3) is 0 Å². The number of aliphatic hydroxyl groups excluding tert-OH is 2. The van der Waals surface area contributed by atoms with Gasteiger partial charge in [0.1, 0.15) is 0 Å². The average Bonchev–Trinajstić information content (AvgIpc) is 3.50. The first-order valence-corrected chi connectivity index (χ1v) is 13.7. The molecular formula is C29H34FNO6S. The van der Waals surface area contributed by atoms with Gasteiger partial charge in [-0.15, -0.1) is 11.3 Å². The summed E-state index contributed by atoms with van der Waals surface area (Å²) in [6.07, 6.45) is 2.71. The molecule has 2 amide bonds. The van der Waals surface area contributed by atoms with Gasteiger partial charge in [-0.2, -0.15) is 0 Å². The summed E-state index contributed by atoms with van der Waals surface area (Å²) in [5, 5.41) is 33.1. The molecule has 1 saturated heterocycles. The van der Waals surface area contributed by atoms with Crippen molar-refractivity contribution >= 4 is 29.2 Å². The summed E-state index contributed by atoms with van der Waals surface area (Å²) >= 11 is 1.48. The van der Waals surface area contributed by atoms with E-state index >= 15 is 0 Å². The van der Waals surface area contributed by atoms with Crippen molar-refractivity contribution < 1.29 is 34.0 Å². The predicted octanol–water partition coefficient (Wildman–Crippen LogP) is 4.28. The fourth-order valence-electron chi connectivity index (χ4n) is 5.72. The van der Waals surface area contributed by atoms with Crippen LogP contribution in [0.2, 0.25) is 0 Å². The van der Waals surface area contributed by atoms with E-state index in [-0.39, 0.29) is 31.6 Å². The number of nitrogens with zero attached hydrogens (tertiary/aromatic N) is 1. The van der Waals surface area contributed by atoms with Crippen LogP contribution in [0.1, 0.15) is 43.0 Å². The Balaban J connectivity index is 1.56. The van der Waals surface area contributed by atoms with E-state index < -0.39 is 35.4 Å². The molecule has 0 radical (unpaired) electrons. The van der Waals surface area contributed by atoms with Crippen LogP contribution in [0.5, 0.6) is 5.75 Å². The van der Waals surface area contributed by atoms with Crippen LogP contribution in [0, 0.1) is 23.6 Å². The van der Waals surface area contributed by atoms with Crippen molar-refractivity contribution in [2.75, 3.05) is 20.3 Å². The van der Waals surface area contributed by atoms with Crippen molar-refractivity contribution in [1.29, 1.82) is 0 Å². The van der Waals surface area contributed by atoms with E-state index in [1.54, 1.807) is 6.07 Å². The van der Waals surface area contributed by atoms with Crippen LogP contribution in [0.4, 0.5) is 4.39 Å².